The normalized spacial score (nSPS) is 19.0. The summed E-state index contributed by atoms with van der Waals surface area (Å²) in [5, 5.41) is 0. The highest BCUT2D eigenvalue weighted by Crippen LogP contribution is 2.37. The van der Waals surface area contributed by atoms with Crippen molar-refractivity contribution in [3.8, 4) is 0 Å². The highest BCUT2D eigenvalue weighted by molar-refractivity contribution is 5.70. The maximum absolute atomic E-state index is 14.8. The van der Waals surface area contributed by atoms with Crippen molar-refractivity contribution in [2.75, 3.05) is 0 Å². The average Bonchev–Trinajstić information content (AvgIpc) is 2.93. The van der Waals surface area contributed by atoms with Gasteiger partial charge >= 0.3 is 0 Å². The van der Waals surface area contributed by atoms with Gasteiger partial charge in [0.2, 0.25) is 0 Å². The van der Waals surface area contributed by atoms with E-state index in [0.29, 0.717) is 11.5 Å². The Kier molecular flexibility index (Phi) is 10.4. The molecule has 1 heteroatoms. The summed E-state index contributed by atoms with van der Waals surface area (Å²) in [7, 11) is 0. The molecule has 3 aromatic rings. The van der Waals surface area contributed by atoms with E-state index in [-0.39, 0.29) is 5.82 Å². The van der Waals surface area contributed by atoms with Gasteiger partial charge < -0.3 is 0 Å². The van der Waals surface area contributed by atoms with Crippen molar-refractivity contribution >= 4 is 12.2 Å². The Bertz CT molecular complexity index is 1130. The summed E-state index contributed by atoms with van der Waals surface area (Å²) in [6.45, 7) is 4.43. The van der Waals surface area contributed by atoms with E-state index in [1.54, 1.807) is 6.07 Å². The van der Waals surface area contributed by atoms with E-state index >= 15 is 0 Å². The first kappa shape index (κ1) is 27.1. The van der Waals surface area contributed by atoms with Crippen LogP contribution in [0.15, 0.2) is 84.9 Å². The van der Waals surface area contributed by atoms with E-state index in [2.05, 4.69) is 86.7 Å². The molecular formula is C36H43F. The molecule has 0 radical (unpaired) electrons. The fourth-order valence-electron chi connectivity index (χ4n) is 5.80. The van der Waals surface area contributed by atoms with Gasteiger partial charge in [0.15, 0.2) is 0 Å². The second-order valence-corrected chi connectivity index (χ2v) is 11.0. The topological polar surface area (TPSA) is 0 Å². The fraction of sp³-hybridized carbons (Fsp3) is 0.389. The molecule has 0 bridgehead atoms. The van der Waals surface area contributed by atoms with Crippen molar-refractivity contribution in [1.29, 1.82) is 0 Å². The Hall–Kier alpha value is -2.93. The Morgan fingerprint density at radius 3 is 2.22 bits per heavy atom. The average molecular weight is 495 g/mol. The Labute approximate surface area is 224 Å². The summed E-state index contributed by atoms with van der Waals surface area (Å²) in [5.41, 5.74) is 5.69. The summed E-state index contributed by atoms with van der Waals surface area (Å²) in [6.07, 6.45) is 19.1. The molecule has 0 aliphatic heterocycles. The van der Waals surface area contributed by atoms with Gasteiger partial charge in [0.05, 0.1) is 0 Å². The first-order valence-corrected chi connectivity index (χ1v) is 14.3. The van der Waals surface area contributed by atoms with Crippen LogP contribution in [0, 0.1) is 17.7 Å². The largest absolute Gasteiger partial charge is 0.206 e. The van der Waals surface area contributed by atoms with E-state index in [0.717, 1.165) is 42.2 Å². The molecule has 1 aliphatic carbocycles. The maximum Gasteiger partial charge on any atom is 0.130 e. The van der Waals surface area contributed by atoms with Gasteiger partial charge in [-0.25, -0.2) is 4.39 Å². The predicted octanol–water partition coefficient (Wildman–Crippen LogP) is 10.4. The van der Waals surface area contributed by atoms with Gasteiger partial charge in [-0.3, -0.25) is 0 Å². The predicted molar refractivity (Wildman–Crippen MR) is 158 cm³/mol. The third kappa shape index (κ3) is 8.56. The Morgan fingerprint density at radius 2 is 1.51 bits per heavy atom. The molecule has 0 unspecified atom stereocenters. The van der Waals surface area contributed by atoms with Crippen molar-refractivity contribution < 1.29 is 4.39 Å². The lowest BCUT2D eigenvalue weighted by molar-refractivity contribution is 0.245. The second-order valence-electron chi connectivity index (χ2n) is 11.0. The second kappa shape index (κ2) is 14.1. The van der Waals surface area contributed by atoms with Crippen molar-refractivity contribution in [2.45, 2.75) is 77.6 Å². The molecule has 4 rings (SSSR count). The maximum atomic E-state index is 14.8. The molecule has 0 nitrogen and oxygen atoms in total. The van der Waals surface area contributed by atoms with Gasteiger partial charge in [0, 0.05) is 5.56 Å². The smallest absolute Gasteiger partial charge is 0.130 e. The minimum atomic E-state index is -0.115. The molecule has 0 N–H and O–H groups in total. The minimum Gasteiger partial charge on any atom is -0.206 e. The fourth-order valence-corrected chi connectivity index (χ4v) is 5.80. The number of halogens is 1. The highest BCUT2D eigenvalue weighted by Gasteiger charge is 2.23. The number of hydrogen-bond acceptors (Lipinski definition) is 0. The molecule has 1 saturated carbocycles. The lowest BCUT2D eigenvalue weighted by Gasteiger charge is -2.30. The van der Waals surface area contributed by atoms with Crippen LogP contribution in [-0.2, 0) is 12.8 Å². The van der Waals surface area contributed by atoms with Crippen LogP contribution in [0.5, 0.6) is 0 Å². The van der Waals surface area contributed by atoms with Crippen molar-refractivity contribution in [1.82, 2.24) is 0 Å². The molecule has 194 valence electrons. The quantitative estimate of drug-likeness (QED) is 0.184. The van der Waals surface area contributed by atoms with Crippen LogP contribution >= 0.6 is 0 Å². The standard InChI is InChI=1S/C36H43F/c1-3-4-6-9-29-12-14-31(15-13-29)22-24-35-25-23-33(27-36(35)37)21-18-30-16-19-32(20-17-30)26-28(2)34-10-7-5-8-11-34/h3-5,7-8,10-15,22-25,27-28,30,32H,6,9,16-21,26H2,1-2H3/b4-3+,24-22?/t28-,30?,32?/m0/s1. The van der Waals surface area contributed by atoms with E-state index < -0.39 is 0 Å². The number of hydrogen-bond donors (Lipinski definition) is 0. The SMILES string of the molecule is C/C=C/CCc1ccc(C=Cc2ccc(CCC3CCC(C[C@H](C)c4ccccc4)CC3)cc2F)cc1. The summed E-state index contributed by atoms with van der Waals surface area (Å²) >= 11 is 0. The number of allylic oxidation sites excluding steroid dienone is 2. The van der Waals surface area contributed by atoms with E-state index in [1.807, 2.05) is 18.2 Å². The van der Waals surface area contributed by atoms with E-state index in [9.17, 15) is 4.39 Å². The van der Waals surface area contributed by atoms with Crippen LogP contribution in [-0.4, -0.2) is 0 Å². The third-order valence-electron chi connectivity index (χ3n) is 8.20. The monoisotopic (exact) mass is 494 g/mol. The molecule has 0 spiro atoms. The molecule has 0 aromatic heterocycles. The van der Waals surface area contributed by atoms with Gasteiger partial charge in [-0.1, -0.05) is 124 Å². The lowest BCUT2D eigenvalue weighted by atomic mass is 9.75. The minimum absolute atomic E-state index is 0.115. The summed E-state index contributed by atoms with van der Waals surface area (Å²) in [5.74, 6) is 2.16. The molecule has 1 fully saturated rings. The van der Waals surface area contributed by atoms with Crippen LogP contribution in [0.1, 0.15) is 92.5 Å². The molecular weight excluding hydrogens is 451 g/mol. The Balaban J connectivity index is 1.21. The lowest BCUT2D eigenvalue weighted by Crippen LogP contribution is -2.17. The molecule has 1 aliphatic rings. The zero-order valence-electron chi connectivity index (χ0n) is 22.7. The van der Waals surface area contributed by atoms with Crippen LogP contribution in [0.2, 0.25) is 0 Å². The molecule has 37 heavy (non-hydrogen) atoms. The van der Waals surface area contributed by atoms with Crippen molar-refractivity contribution in [3.63, 3.8) is 0 Å². The van der Waals surface area contributed by atoms with Crippen LogP contribution < -0.4 is 0 Å². The van der Waals surface area contributed by atoms with Crippen LogP contribution in [0.4, 0.5) is 4.39 Å². The van der Waals surface area contributed by atoms with E-state index in [1.165, 1.54) is 49.7 Å². The van der Waals surface area contributed by atoms with Gasteiger partial charge in [0.1, 0.15) is 5.82 Å². The van der Waals surface area contributed by atoms with Crippen LogP contribution in [0.25, 0.3) is 12.2 Å². The summed E-state index contributed by atoms with van der Waals surface area (Å²) in [6, 6.07) is 25.3. The highest BCUT2D eigenvalue weighted by atomic mass is 19.1. The van der Waals surface area contributed by atoms with Crippen molar-refractivity contribution in [2.24, 2.45) is 11.8 Å². The van der Waals surface area contributed by atoms with Gasteiger partial charge in [0.25, 0.3) is 0 Å². The zero-order valence-corrected chi connectivity index (χ0v) is 22.7. The number of benzene rings is 3. The molecule has 0 heterocycles. The number of rotatable bonds is 11. The van der Waals surface area contributed by atoms with Crippen molar-refractivity contribution in [3.05, 3.63) is 119 Å². The van der Waals surface area contributed by atoms with Gasteiger partial charge in [-0.15, -0.1) is 0 Å². The number of aryl methyl sites for hydroxylation is 2. The first-order valence-electron chi connectivity index (χ1n) is 14.3. The molecule has 1 atom stereocenters. The summed E-state index contributed by atoms with van der Waals surface area (Å²) in [4.78, 5) is 0. The summed E-state index contributed by atoms with van der Waals surface area (Å²) < 4.78 is 14.8. The van der Waals surface area contributed by atoms with E-state index in [4.69, 9.17) is 0 Å². The van der Waals surface area contributed by atoms with Gasteiger partial charge in [-0.2, -0.15) is 0 Å². The first-order chi connectivity index (χ1) is 18.1. The molecule has 0 saturated heterocycles. The molecule has 0 amide bonds. The van der Waals surface area contributed by atoms with Gasteiger partial charge in [-0.05, 0) is 85.1 Å². The zero-order chi connectivity index (χ0) is 25.9. The third-order valence-corrected chi connectivity index (χ3v) is 8.20. The van der Waals surface area contributed by atoms with Crippen LogP contribution in [0.3, 0.4) is 0 Å². The Morgan fingerprint density at radius 1 is 0.811 bits per heavy atom. The molecule has 3 aromatic carbocycles.